The van der Waals surface area contributed by atoms with Gasteiger partial charge in [-0.3, -0.25) is 4.98 Å². The second-order valence-corrected chi connectivity index (χ2v) is 7.01. The van der Waals surface area contributed by atoms with Gasteiger partial charge >= 0.3 is 0 Å². The van der Waals surface area contributed by atoms with Crippen molar-refractivity contribution in [2.24, 2.45) is 5.14 Å². The lowest BCUT2D eigenvalue weighted by atomic mass is 9.96. The van der Waals surface area contributed by atoms with Crippen LogP contribution in [0.2, 0.25) is 0 Å². The van der Waals surface area contributed by atoms with Gasteiger partial charge in [0, 0.05) is 23.2 Å². The zero-order valence-corrected chi connectivity index (χ0v) is 14.9. The standard InChI is InChI=1S/C18H15N3O4S/c1-24-16-7-14-15(8-17(16)25-2)21-10-12(9-19)18(14)11-3-5-13(6-4-11)26(20,22)23/h3-8,10H,1-2H3,(H2,20,22,23). The fourth-order valence-electron chi connectivity index (χ4n) is 2.73. The van der Waals surface area contributed by atoms with E-state index < -0.39 is 10.0 Å². The Labute approximate surface area is 150 Å². The quantitative estimate of drug-likeness (QED) is 0.755. The normalized spacial score (nSPS) is 11.2. The summed E-state index contributed by atoms with van der Waals surface area (Å²) in [4.78, 5) is 4.30. The Morgan fingerprint density at radius 2 is 1.69 bits per heavy atom. The molecule has 0 radical (unpaired) electrons. The van der Waals surface area contributed by atoms with Crippen LogP contribution < -0.4 is 14.6 Å². The van der Waals surface area contributed by atoms with Gasteiger partial charge in [-0.15, -0.1) is 0 Å². The highest BCUT2D eigenvalue weighted by Gasteiger charge is 2.16. The Morgan fingerprint density at radius 3 is 2.23 bits per heavy atom. The average Bonchev–Trinajstić information content (AvgIpc) is 2.65. The Hall–Kier alpha value is -3.15. The summed E-state index contributed by atoms with van der Waals surface area (Å²) in [5.41, 5.74) is 2.26. The van der Waals surface area contributed by atoms with E-state index >= 15 is 0 Å². The molecule has 0 spiro atoms. The van der Waals surface area contributed by atoms with Crippen LogP contribution in [-0.2, 0) is 10.0 Å². The van der Waals surface area contributed by atoms with E-state index in [9.17, 15) is 13.7 Å². The van der Waals surface area contributed by atoms with E-state index in [0.29, 0.717) is 39.1 Å². The van der Waals surface area contributed by atoms with Crippen LogP contribution in [0.25, 0.3) is 22.0 Å². The number of rotatable bonds is 4. The molecule has 0 amide bonds. The molecule has 0 saturated heterocycles. The molecule has 2 N–H and O–H groups in total. The first-order valence-corrected chi connectivity index (χ1v) is 9.01. The van der Waals surface area contributed by atoms with E-state index in [0.717, 1.165) is 0 Å². The second-order valence-electron chi connectivity index (χ2n) is 5.45. The summed E-state index contributed by atoms with van der Waals surface area (Å²) in [6.07, 6.45) is 1.47. The molecule has 0 fully saturated rings. The molecular weight excluding hydrogens is 354 g/mol. The Bertz CT molecular complexity index is 1130. The Kier molecular flexibility index (Phi) is 4.50. The molecule has 0 aliphatic rings. The number of hydrogen-bond donors (Lipinski definition) is 1. The molecule has 132 valence electrons. The number of nitriles is 1. The first-order valence-electron chi connectivity index (χ1n) is 7.47. The molecule has 8 heteroatoms. The van der Waals surface area contributed by atoms with Crippen molar-refractivity contribution in [1.82, 2.24) is 4.98 Å². The number of sulfonamides is 1. The third-order valence-corrected chi connectivity index (χ3v) is 4.89. The topological polar surface area (TPSA) is 115 Å². The minimum absolute atomic E-state index is 0.00244. The SMILES string of the molecule is COc1cc2ncc(C#N)c(-c3ccc(S(N)(=O)=O)cc3)c2cc1OC. The van der Waals surface area contributed by atoms with Crippen molar-refractivity contribution in [3.8, 4) is 28.7 Å². The van der Waals surface area contributed by atoms with Gasteiger partial charge in [-0.1, -0.05) is 12.1 Å². The molecule has 3 aromatic rings. The minimum atomic E-state index is -3.79. The molecule has 0 bridgehead atoms. The van der Waals surface area contributed by atoms with Crippen LogP contribution >= 0.6 is 0 Å². The lowest BCUT2D eigenvalue weighted by Crippen LogP contribution is -2.11. The van der Waals surface area contributed by atoms with E-state index in [1.54, 1.807) is 24.3 Å². The molecule has 1 aromatic heterocycles. The molecule has 0 aliphatic heterocycles. The maximum Gasteiger partial charge on any atom is 0.238 e. The predicted molar refractivity (Wildman–Crippen MR) is 96.4 cm³/mol. The highest BCUT2D eigenvalue weighted by molar-refractivity contribution is 7.89. The number of ether oxygens (including phenoxy) is 2. The lowest BCUT2D eigenvalue weighted by Gasteiger charge is -2.13. The third-order valence-electron chi connectivity index (χ3n) is 3.97. The monoisotopic (exact) mass is 369 g/mol. The van der Waals surface area contributed by atoms with Gasteiger partial charge in [0.05, 0.1) is 30.2 Å². The number of methoxy groups -OCH3 is 2. The number of aromatic nitrogens is 1. The maximum atomic E-state index is 11.5. The van der Waals surface area contributed by atoms with Crippen molar-refractivity contribution in [2.45, 2.75) is 4.90 Å². The van der Waals surface area contributed by atoms with E-state index in [-0.39, 0.29) is 4.90 Å². The van der Waals surface area contributed by atoms with Gasteiger partial charge in [-0.25, -0.2) is 13.6 Å². The van der Waals surface area contributed by atoms with Crippen molar-refractivity contribution in [3.05, 3.63) is 48.2 Å². The number of primary sulfonamides is 1. The Morgan fingerprint density at radius 1 is 1.08 bits per heavy atom. The summed E-state index contributed by atoms with van der Waals surface area (Å²) in [6, 6.07) is 11.6. The smallest absolute Gasteiger partial charge is 0.238 e. The summed E-state index contributed by atoms with van der Waals surface area (Å²) in [5, 5.41) is 15.3. The number of nitrogens with zero attached hydrogens (tertiary/aromatic N) is 2. The molecule has 0 atom stereocenters. The average molecular weight is 369 g/mol. The van der Waals surface area contributed by atoms with Crippen molar-refractivity contribution in [2.75, 3.05) is 14.2 Å². The summed E-state index contributed by atoms with van der Waals surface area (Å²) in [7, 11) is -0.746. The van der Waals surface area contributed by atoms with Crippen molar-refractivity contribution < 1.29 is 17.9 Å². The van der Waals surface area contributed by atoms with Crippen LogP contribution in [0.4, 0.5) is 0 Å². The van der Waals surface area contributed by atoms with Crippen LogP contribution in [0.5, 0.6) is 11.5 Å². The van der Waals surface area contributed by atoms with Crippen LogP contribution in [-0.4, -0.2) is 27.6 Å². The third kappa shape index (κ3) is 3.06. The molecule has 3 rings (SSSR count). The van der Waals surface area contributed by atoms with E-state index in [1.807, 2.05) is 0 Å². The number of fused-ring (bicyclic) bond motifs is 1. The largest absolute Gasteiger partial charge is 0.493 e. The first kappa shape index (κ1) is 17.7. The maximum absolute atomic E-state index is 11.5. The van der Waals surface area contributed by atoms with Gasteiger partial charge in [-0.2, -0.15) is 5.26 Å². The second kappa shape index (κ2) is 6.63. The number of hydrogen-bond acceptors (Lipinski definition) is 6. The number of benzene rings is 2. The molecule has 2 aromatic carbocycles. The predicted octanol–water partition coefficient (Wildman–Crippen LogP) is 2.44. The van der Waals surface area contributed by atoms with Crippen LogP contribution in [0.3, 0.4) is 0 Å². The molecule has 0 aliphatic carbocycles. The number of nitrogens with two attached hydrogens (primary N) is 1. The Balaban J connectivity index is 2.31. The molecular formula is C18H15N3O4S. The summed E-state index contributed by atoms with van der Waals surface area (Å²) in [5.74, 6) is 1.02. The fraction of sp³-hybridized carbons (Fsp3) is 0.111. The molecule has 26 heavy (non-hydrogen) atoms. The van der Waals surface area contributed by atoms with Gasteiger partial charge in [0.25, 0.3) is 0 Å². The van der Waals surface area contributed by atoms with Crippen LogP contribution in [0.1, 0.15) is 5.56 Å². The van der Waals surface area contributed by atoms with Crippen molar-refractivity contribution >= 4 is 20.9 Å². The lowest BCUT2D eigenvalue weighted by molar-refractivity contribution is 0.356. The van der Waals surface area contributed by atoms with Gasteiger partial charge in [0.15, 0.2) is 11.5 Å². The van der Waals surface area contributed by atoms with E-state index in [2.05, 4.69) is 11.1 Å². The minimum Gasteiger partial charge on any atom is -0.493 e. The van der Waals surface area contributed by atoms with Gasteiger partial charge in [0.2, 0.25) is 10.0 Å². The summed E-state index contributed by atoms with van der Waals surface area (Å²) < 4.78 is 33.5. The summed E-state index contributed by atoms with van der Waals surface area (Å²) >= 11 is 0. The molecule has 0 saturated carbocycles. The van der Waals surface area contributed by atoms with E-state index in [1.165, 1.54) is 32.5 Å². The first-order chi connectivity index (χ1) is 12.4. The van der Waals surface area contributed by atoms with Gasteiger partial charge in [-0.05, 0) is 23.8 Å². The molecule has 0 unspecified atom stereocenters. The highest BCUT2D eigenvalue weighted by atomic mass is 32.2. The van der Waals surface area contributed by atoms with Gasteiger partial charge < -0.3 is 9.47 Å². The molecule has 1 heterocycles. The van der Waals surface area contributed by atoms with Crippen LogP contribution in [0, 0.1) is 11.3 Å². The van der Waals surface area contributed by atoms with Crippen LogP contribution in [0.15, 0.2) is 47.5 Å². The van der Waals surface area contributed by atoms with Crippen molar-refractivity contribution in [3.63, 3.8) is 0 Å². The summed E-state index contributed by atoms with van der Waals surface area (Å²) in [6.45, 7) is 0. The highest BCUT2D eigenvalue weighted by Crippen LogP contribution is 2.37. The van der Waals surface area contributed by atoms with Gasteiger partial charge in [0.1, 0.15) is 6.07 Å². The van der Waals surface area contributed by atoms with Crippen molar-refractivity contribution in [1.29, 1.82) is 5.26 Å². The number of pyridine rings is 1. The van der Waals surface area contributed by atoms with E-state index in [4.69, 9.17) is 14.6 Å². The fourth-order valence-corrected chi connectivity index (χ4v) is 3.24. The zero-order chi connectivity index (χ0) is 18.9. The molecule has 7 nitrogen and oxygen atoms in total. The zero-order valence-electron chi connectivity index (χ0n) is 14.1.